The van der Waals surface area contributed by atoms with Crippen LogP contribution in [-0.4, -0.2) is 20.2 Å². The van der Waals surface area contributed by atoms with Gasteiger partial charge in [0, 0.05) is 53.8 Å². The molecule has 0 saturated heterocycles. The Morgan fingerprint density at radius 2 is 0.868 bits per heavy atom. The van der Waals surface area contributed by atoms with E-state index in [1.54, 1.807) is 47.2 Å². The first-order valence-corrected chi connectivity index (χ1v) is 13.7. The third kappa shape index (κ3) is 3.82. The minimum atomic E-state index is 0.198. The summed E-state index contributed by atoms with van der Waals surface area (Å²) in [5.74, 6) is 0.396. The first-order valence-electron chi connectivity index (χ1n) is 12.1. The van der Waals surface area contributed by atoms with Gasteiger partial charge in [0.1, 0.15) is 22.5 Å². The molecule has 0 unspecified atom stereocenters. The first-order chi connectivity index (χ1) is 18.7. The molecule has 6 heteroatoms. The van der Waals surface area contributed by atoms with Gasteiger partial charge < -0.3 is 10.2 Å². The summed E-state index contributed by atoms with van der Waals surface area (Å²) in [5.41, 5.74) is 5.72. The number of thiophene rings is 2. The number of hydrogen-bond acceptors (Lipinski definition) is 6. The Labute approximate surface area is 226 Å². The molecular formula is C32H20N2O2S2. The molecule has 0 fully saturated rings. The molecule has 0 radical (unpaired) electrons. The lowest BCUT2D eigenvalue weighted by molar-refractivity contribution is 0.480. The topological polar surface area (TPSA) is 66.2 Å². The van der Waals surface area contributed by atoms with Crippen LogP contribution in [0.5, 0.6) is 11.5 Å². The van der Waals surface area contributed by atoms with Crippen LogP contribution in [0.1, 0.15) is 0 Å². The minimum absolute atomic E-state index is 0.198. The Balaban J connectivity index is 1.19. The van der Waals surface area contributed by atoms with Crippen LogP contribution in [0.3, 0.4) is 0 Å². The predicted molar refractivity (Wildman–Crippen MR) is 158 cm³/mol. The van der Waals surface area contributed by atoms with Gasteiger partial charge in [-0.2, -0.15) is 0 Å². The van der Waals surface area contributed by atoms with E-state index in [1.807, 2.05) is 36.4 Å². The smallest absolute Gasteiger partial charge is 0.141 e. The summed E-state index contributed by atoms with van der Waals surface area (Å²) in [6.45, 7) is 0. The van der Waals surface area contributed by atoms with Crippen molar-refractivity contribution in [3.05, 3.63) is 109 Å². The Kier molecular flexibility index (Phi) is 5.43. The van der Waals surface area contributed by atoms with Gasteiger partial charge in [-0.15, -0.1) is 22.7 Å². The fourth-order valence-electron chi connectivity index (χ4n) is 4.82. The molecule has 0 amide bonds. The number of aromatic nitrogens is 2. The number of nitrogens with zero attached hydrogens (tertiary/aromatic N) is 2. The summed E-state index contributed by atoms with van der Waals surface area (Å²) in [4.78, 5) is 13.4. The lowest BCUT2D eigenvalue weighted by Crippen LogP contribution is -1.82. The molecule has 7 aromatic rings. The molecule has 7 rings (SSSR count). The van der Waals surface area contributed by atoms with Gasteiger partial charge in [-0.1, -0.05) is 36.4 Å². The second kappa shape index (κ2) is 9.10. The van der Waals surface area contributed by atoms with Gasteiger partial charge in [0.15, 0.2) is 0 Å². The molecule has 182 valence electrons. The molecule has 0 saturated carbocycles. The van der Waals surface area contributed by atoms with Crippen LogP contribution >= 0.6 is 22.7 Å². The Morgan fingerprint density at radius 3 is 1.32 bits per heavy atom. The van der Waals surface area contributed by atoms with E-state index in [0.29, 0.717) is 11.0 Å². The number of phenolic OH excluding ortho intramolecular Hbond substituents is 2. The minimum Gasteiger partial charge on any atom is -0.506 e. The molecule has 4 nitrogen and oxygen atoms in total. The maximum atomic E-state index is 10.2. The summed E-state index contributed by atoms with van der Waals surface area (Å²) in [7, 11) is 0. The Morgan fingerprint density at radius 1 is 0.447 bits per heavy atom. The zero-order chi connectivity index (χ0) is 25.6. The molecule has 0 bridgehead atoms. The monoisotopic (exact) mass is 528 g/mol. The highest BCUT2D eigenvalue weighted by Gasteiger charge is 2.13. The molecule has 3 aromatic carbocycles. The lowest BCUT2D eigenvalue weighted by Gasteiger charge is -2.06. The number of hydrogen-bond donors (Lipinski definition) is 2. The van der Waals surface area contributed by atoms with Crippen LogP contribution in [0.15, 0.2) is 109 Å². The average Bonchev–Trinajstić information content (AvgIpc) is 3.65. The van der Waals surface area contributed by atoms with Gasteiger partial charge in [0.2, 0.25) is 0 Å². The molecule has 0 spiro atoms. The van der Waals surface area contributed by atoms with Crippen LogP contribution in [0.4, 0.5) is 0 Å². The number of pyridine rings is 2. The van der Waals surface area contributed by atoms with Crippen LogP contribution in [0.2, 0.25) is 0 Å². The van der Waals surface area contributed by atoms with E-state index in [1.165, 1.54) is 20.9 Å². The highest BCUT2D eigenvalue weighted by atomic mass is 32.1. The SMILES string of the molecule is Oc1ccc(-c2ccc(-c3ccc(-c4ccc(-c5ccc(O)c6ncccc56)s4)cc3)s2)c2cccnc12. The van der Waals surface area contributed by atoms with Gasteiger partial charge >= 0.3 is 0 Å². The second-order valence-corrected chi connectivity index (χ2v) is 11.1. The van der Waals surface area contributed by atoms with E-state index in [-0.39, 0.29) is 11.5 Å². The van der Waals surface area contributed by atoms with E-state index in [0.717, 1.165) is 31.7 Å². The third-order valence-corrected chi connectivity index (χ3v) is 9.03. The maximum Gasteiger partial charge on any atom is 0.141 e. The quantitative estimate of drug-likeness (QED) is 0.239. The third-order valence-electron chi connectivity index (χ3n) is 6.69. The van der Waals surface area contributed by atoms with E-state index < -0.39 is 0 Å². The van der Waals surface area contributed by atoms with Crippen LogP contribution in [-0.2, 0) is 0 Å². The normalized spacial score (nSPS) is 11.4. The Hall–Kier alpha value is -4.52. The number of rotatable bonds is 4. The van der Waals surface area contributed by atoms with Crippen molar-refractivity contribution < 1.29 is 10.2 Å². The van der Waals surface area contributed by atoms with Crippen molar-refractivity contribution in [1.29, 1.82) is 0 Å². The molecule has 4 heterocycles. The largest absolute Gasteiger partial charge is 0.506 e. The molecular weight excluding hydrogens is 508 g/mol. The van der Waals surface area contributed by atoms with Crippen LogP contribution in [0, 0.1) is 0 Å². The van der Waals surface area contributed by atoms with Crippen molar-refractivity contribution in [1.82, 2.24) is 9.97 Å². The molecule has 0 aliphatic rings. The predicted octanol–water partition coefficient (Wildman–Crippen LogP) is 8.99. The van der Waals surface area contributed by atoms with Gasteiger partial charge in [-0.25, -0.2) is 0 Å². The highest BCUT2D eigenvalue weighted by Crippen LogP contribution is 2.41. The summed E-state index contributed by atoms with van der Waals surface area (Å²) < 4.78 is 0. The lowest BCUT2D eigenvalue weighted by atomic mass is 10.1. The summed E-state index contributed by atoms with van der Waals surface area (Å²) in [6, 6.07) is 32.4. The van der Waals surface area contributed by atoms with Crippen molar-refractivity contribution in [2.45, 2.75) is 0 Å². The zero-order valence-electron chi connectivity index (χ0n) is 20.0. The molecule has 0 aliphatic carbocycles. The van der Waals surface area contributed by atoms with Crippen molar-refractivity contribution in [2.75, 3.05) is 0 Å². The summed E-state index contributed by atoms with van der Waals surface area (Å²) in [6.07, 6.45) is 3.40. The zero-order valence-corrected chi connectivity index (χ0v) is 21.6. The number of phenols is 2. The van der Waals surface area contributed by atoms with Crippen LogP contribution < -0.4 is 0 Å². The maximum absolute atomic E-state index is 10.2. The van der Waals surface area contributed by atoms with Gasteiger partial charge in [-0.3, -0.25) is 9.97 Å². The van der Waals surface area contributed by atoms with Gasteiger partial charge in [0.05, 0.1) is 0 Å². The van der Waals surface area contributed by atoms with Crippen LogP contribution in [0.25, 0.3) is 63.6 Å². The fraction of sp³-hybridized carbons (Fsp3) is 0. The molecule has 0 atom stereocenters. The van der Waals surface area contributed by atoms with E-state index in [4.69, 9.17) is 0 Å². The van der Waals surface area contributed by atoms with Crippen molar-refractivity contribution >= 4 is 44.5 Å². The summed E-state index contributed by atoms with van der Waals surface area (Å²) >= 11 is 3.46. The van der Waals surface area contributed by atoms with E-state index >= 15 is 0 Å². The molecule has 2 N–H and O–H groups in total. The first kappa shape index (κ1) is 22.7. The number of aromatic hydroxyl groups is 2. The van der Waals surface area contributed by atoms with Crippen molar-refractivity contribution in [3.8, 4) is 53.3 Å². The standard InChI is InChI=1S/C32H20N2O2S2/c35-25-11-9-21(23-3-1-17-33-31(23)25)29-15-13-27(37-29)19-5-7-20(8-6-19)28-14-16-30(38-28)22-10-12-26(36)32-24(22)4-2-18-34-32/h1-18,35-36H. The van der Waals surface area contributed by atoms with Gasteiger partial charge in [-0.05, 0) is 71.8 Å². The van der Waals surface area contributed by atoms with E-state index in [2.05, 4.69) is 58.5 Å². The molecule has 38 heavy (non-hydrogen) atoms. The van der Waals surface area contributed by atoms with Gasteiger partial charge in [0.25, 0.3) is 0 Å². The molecule has 0 aliphatic heterocycles. The number of fused-ring (bicyclic) bond motifs is 2. The highest BCUT2D eigenvalue weighted by molar-refractivity contribution is 7.19. The van der Waals surface area contributed by atoms with Crippen molar-refractivity contribution in [2.24, 2.45) is 0 Å². The fourth-order valence-corrected chi connectivity index (χ4v) is 6.92. The van der Waals surface area contributed by atoms with E-state index in [9.17, 15) is 10.2 Å². The summed E-state index contributed by atoms with van der Waals surface area (Å²) in [5, 5.41) is 22.3. The Bertz CT molecular complexity index is 1810. The number of benzene rings is 3. The van der Waals surface area contributed by atoms with Crippen molar-refractivity contribution in [3.63, 3.8) is 0 Å². The molecule has 4 aromatic heterocycles. The average molecular weight is 529 g/mol. The second-order valence-electron chi connectivity index (χ2n) is 8.97.